The van der Waals surface area contributed by atoms with E-state index in [2.05, 4.69) is 17.5 Å². The first-order valence-electron chi connectivity index (χ1n) is 9.06. The molecule has 6 heteroatoms. The van der Waals surface area contributed by atoms with Crippen molar-refractivity contribution in [2.24, 2.45) is 23.7 Å². The molecule has 0 unspecified atom stereocenters. The summed E-state index contributed by atoms with van der Waals surface area (Å²) in [4.78, 5) is 38.9. The average molecular weight is 354 g/mol. The van der Waals surface area contributed by atoms with Crippen molar-refractivity contribution in [2.45, 2.75) is 19.3 Å². The maximum absolute atomic E-state index is 12.7. The summed E-state index contributed by atoms with van der Waals surface area (Å²) in [7, 11) is 1.58. The largest absolute Gasteiger partial charge is 0.497 e. The van der Waals surface area contributed by atoms with Gasteiger partial charge in [0.25, 0.3) is 0 Å². The van der Waals surface area contributed by atoms with Crippen LogP contribution < -0.4 is 10.1 Å². The molecule has 2 fully saturated rings. The number of benzene rings is 1. The highest BCUT2D eigenvalue weighted by Crippen LogP contribution is 2.49. The second-order valence-electron chi connectivity index (χ2n) is 7.20. The third kappa shape index (κ3) is 2.79. The number of nitrogens with one attached hydrogen (secondary N) is 1. The molecule has 6 nitrogen and oxygen atoms in total. The molecule has 1 aliphatic heterocycles. The third-order valence-corrected chi connectivity index (χ3v) is 5.79. The standard InChI is InChI=1S/C20H22N2O4/c1-26-15-8-6-14(7-9-15)21-16(23)10-11-22-19(24)17-12-2-3-13(5-4-12)18(17)20(22)25/h2-3,6-9,12-13,17-18H,4-5,10-11H2,1H3,(H,21,23)/t12-,13-,17-,18+/m0/s1. The predicted octanol–water partition coefficient (Wildman–Crippen LogP) is 2.22. The summed E-state index contributed by atoms with van der Waals surface area (Å²) in [6.07, 6.45) is 6.26. The van der Waals surface area contributed by atoms with E-state index < -0.39 is 0 Å². The van der Waals surface area contributed by atoms with Gasteiger partial charge in [0.05, 0.1) is 18.9 Å². The summed E-state index contributed by atoms with van der Waals surface area (Å²) in [6.45, 7) is 0.145. The van der Waals surface area contributed by atoms with Crippen molar-refractivity contribution in [1.82, 2.24) is 4.90 Å². The molecule has 136 valence electrons. The number of allylic oxidation sites excluding steroid dienone is 2. The number of likely N-dealkylation sites (tertiary alicyclic amines) is 1. The van der Waals surface area contributed by atoms with Gasteiger partial charge in [0, 0.05) is 18.7 Å². The summed E-state index contributed by atoms with van der Waals surface area (Å²) in [5, 5.41) is 2.78. The third-order valence-electron chi connectivity index (χ3n) is 5.79. The molecular formula is C20H22N2O4. The van der Waals surface area contributed by atoms with Gasteiger partial charge in [0.1, 0.15) is 5.75 Å². The Morgan fingerprint density at radius 3 is 2.15 bits per heavy atom. The first-order valence-corrected chi connectivity index (χ1v) is 9.06. The number of methoxy groups -OCH3 is 1. The van der Waals surface area contributed by atoms with Crippen LogP contribution in [0.5, 0.6) is 5.75 Å². The molecule has 0 radical (unpaired) electrons. The molecule has 0 spiro atoms. The van der Waals surface area contributed by atoms with Gasteiger partial charge in [-0.2, -0.15) is 0 Å². The van der Waals surface area contributed by atoms with Gasteiger partial charge < -0.3 is 10.1 Å². The minimum absolute atomic E-state index is 0.101. The van der Waals surface area contributed by atoms with Crippen molar-refractivity contribution < 1.29 is 19.1 Å². The van der Waals surface area contributed by atoms with Crippen LogP contribution in [0.1, 0.15) is 19.3 Å². The van der Waals surface area contributed by atoms with Crippen molar-refractivity contribution in [1.29, 1.82) is 0 Å². The van der Waals surface area contributed by atoms with Crippen LogP contribution >= 0.6 is 0 Å². The molecule has 1 saturated carbocycles. The number of ether oxygens (including phenoxy) is 1. The van der Waals surface area contributed by atoms with E-state index >= 15 is 0 Å². The van der Waals surface area contributed by atoms with Gasteiger partial charge in [-0.3, -0.25) is 19.3 Å². The molecule has 1 aromatic rings. The van der Waals surface area contributed by atoms with Gasteiger partial charge >= 0.3 is 0 Å². The quantitative estimate of drug-likeness (QED) is 0.650. The second-order valence-corrected chi connectivity index (χ2v) is 7.20. The zero-order valence-electron chi connectivity index (χ0n) is 14.7. The van der Waals surface area contributed by atoms with Gasteiger partial charge in [-0.15, -0.1) is 0 Å². The Bertz CT molecular complexity index is 739. The molecule has 1 saturated heterocycles. The second kappa shape index (κ2) is 6.59. The number of hydrogen-bond donors (Lipinski definition) is 1. The van der Waals surface area contributed by atoms with E-state index in [0.717, 1.165) is 12.8 Å². The highest BCUT2D eigenvalue weighted by atomic mass is 16.5. The monoisotopic (exact) mass is 354 g/mol. The SMILES string of the molecule is COc1ccc(NC(=O)CCN2C(=O)[C@@H]3[C@H](C2=O)[C@H]2C=C[C@H]3CC2)cc1. The van der Waals surface area contributed by atoms with Gasteiger partial charge in [0.2, 0.25) is 17.7 Å². The van der Waals surface area contributed by atoms with Crippen molar-refractivity contribution in [3.63, 3.8) is 0 Å². The Labute approximate surface area is 152 Å². The topological polar surface area (TPSA) is 75.7 Å². The van der Waals surface area contributed by atoms with E-state index in [1.165, 1.54) is 4.90 Å². The lowest BCUT2D eigenvalue weighted by Crippen LogP contribution is -2.38. The maximum atomic E-state index is 12.7. The Balaban J connectivity index is 1.36. The molecule has 3 aliphatic carbocycles. The molecule has 2 bridgehead atoms. The molecule has 1 aromatic carbocycles. The Morgan fingerprint density at radius 1 is 1.08 bits per heavy atom. The Kier molecular flexibility index (Phi) is 4.26. The first kappa shape index (κ1) is 16.8. The number of rotatable bonds is 5. The number of amides is 3. The number of anilines is 1. The number of hydrogen-bond acceptors (Lipinski definition) is 4. The molecule has 3 amide bonds. The maximum Gasteiger partial charge on any atom is 0.233 e. The van der Waals surface area contributed by atoms with Crippen LogP contribution in [-0.2, 0) is 14.4 Å². The first-order chi connectivity index (χ1) is 12.6. The predicted molar refractivity (Wildman–Crippen MR) is 95.3 cm³/mol. The molecule has 5 rings (SSSR count). The highest BCUT2D eigenvalue weighted by molar-refractivity contribution is 6.06. The van der Waals surface area contributed by atoms with Crippen LogP contribution in [0, 0.1) is 23.7 Å². The van der Waals surface area contributed by atoms with Crippen molar-refractivity contribution >= 4 is 23.4 Å². The van der Waals surface area contributed by atoms with Crippen LogP contribution in [0.15, 0.2) is 36.4 Å². The van der Waals surface area contributed by atoms with Crippen LogP contribution in [-0.4, -0.2) is 36.3 Å². The van der Waals surface area contributed by atoms with Crippen LogP contribution in [0.4, 0.5) is 5.69 Å². The molecule has 1 N–H and O–H groups in total. The van der Waals surface area contributed by atoms with Crippen molar-refractivity contribution in [3.8, 4) is 5.75 Å². The number of carbonyl (C=O) groups is 3. The lowest BCUT2D eigenvalue weighted by molar-refractivity contribution is -0.140. The smallest absolute Gasteiger partial charge is 0.233 e. The minimum Gasteiger partial charge on any atom is -0.497 e. The van der Waals surface area contributed by atoms with E-state index in [1.54, 1.807) is 31.4 Å². The van der Waals surface area contributed by atoms with Crippen LogP contribution in [0.2, 0.25) is 0 Å². The van der Waals surface area contributed by atoms with E-state index in [1.807, 2.05) is 0 Å². The molecule has 26 heavy (non-hydrogen) atoms. The van der Waals surface area contributed by atoms with Crippen LogP contribution in [0.25, 0.3) is 0 Å². The van der Waals surface area contributed by atoms with E-state index in [4.69, 9.17) is 4.74 Å². The molecule has 4 aliphatic rings. The lowest BCUT2D eigenvalue weighted by atomic mass is 9.63. The molecular weight excluding hydrogens is 332 g/mol. The molecule has 0 aromatic heterocycles. The Hall–Kier alpha value is -2.63. The molecule has 1 heterocycles. The lowest BCUT2D eigenvalue weighted by Gasteiger charge is -2.38. The van der Waals surface area contributed by atoms with E-state index in [0.29, 0.717) is 11.4 Å². The summed E-state index contributed by atoms with van der Waals surface area (Å²) in [5.41, 5.74) is 0.658. The fraction of sp³-hybridized carbons (Fsp3) is 0.450. The number of imide groups is 1. The molecule has 4 atom stereocenters. The summed E-state index contributed by atoms with van der Waals surface area (Å²) in [5.74, 6) is 0.229. The number of carbonyl (C=O) groups excluding carboxylic acids is 3. The van der Waals surface area contributed by atoms with Gasteiger partial charge in [0.15, 0.2) is 0 Å². The van der Waals surface area contributed by atoms with Gasteiger partial charge in [-0.05, 0) is 48.9 Å². The average Bonchev–Trinajstić information content (AvgIpc) is 2.94. The minimum atomic E-state index is -0.216. The van der Waals surface area contributed by atoms with E-state index in [9.17, 15) is 14.4 Å². The number of fused-ring (bicyclic) bond motifs is 1. The van der Waals surface area contributed by atoms with Crippen LogP contribution in [0.3, 0.4) is 0 Å². The fourth-order valence-corrected chi connectivity index (χ4v) is 4.47. The van der Waals surface area contributed by atoms with E-state index in [-0.39, 0.29) is 54.4 Å². The zero-order valence-corrected chi connectivity index (χ0v) is 14.7. The van der Waals surface area contributed by atoms with Crippen molar-refractivity contribution in [2.75, 3.05) is 19.0 Å². The summed E-state index contributed by atoms with van der Waals surface area (Å²) >= 11 is 0. The number of nitrogens with zero attached hydrogens (tertiary/aromatic N) is 1. The summed E-state index contributed by atoms with van der Waals surface area (Å²) < 4.78 is 5.08. The van der Waals surface area contributed by atoms with Gasteiger partial charge in [-0.1, -0.05) is 12.2 Å². The highest BCUT2D eigenvalue weighted by Gasteiger charge is 2.56. The fourth-order valence-electron chi connectivity index (χ4n) is 4.47. The zero-order chi connectivity index (χ0) is 18.3. The van der Waals surface area contributed by atoms with Gasteiger partial charge in [-0.25, -0.2) is 0 Å². The van der Waals surface area contributed by atoms with Crippen molar-refractivity contribution in [3.05, 3.63) is 36.4 Å². The normalized spacial score (nSPS) is 29.0. The Morgan fingerprint density at radius 2 is 1.65 bits per heavy atom. The summed E-state index contributed by atoms with van der Waals surface area (Å²) in [6, 6.07) is 7.02.